The number of hydrogen-bond acceptors (Lipinski definition) is 4. The second-order valence-electron chi connectivity index (χ2n) is 6.52. The number of nitrogens with zero attached hydrogens (tertiary/aromatic N) is 1. The minimum absolute atomic E-state index is 0.223. The summed E-state index contributed by atoms with van der Waals surface area (Å²) in [6, 6.07) is 0. The van der Waals surface area contributed by atoms with Crippen LogP contribution >= 0.6 is 0 Å². The fourth-order valence-electron chi connectivity index (χ4n) is 3.65. The van der Waals surface area contributed by atoms with E-state index in [0.717, 1.165) is 39.1 Å². The van der Waals surface area contributed by atoms with E-state index in [1.165, 1.54) is 19.3 Å². The minimum Gasteiger partial charge on any atom is -0.362 e. The molecular weight excluding hydrogens is 242 g/mol. The highest BCUT2D eigenvalue weighted by Gasteiger charge is 2.43. The summed E-state index contributed by atoms with van der Waals surface area (Å²) in [5.74, 6) is 0.296. The molecule has 1 spiro atoms. The molecule has 0 aromatic heterocycles. The van der Waals surface area contributed by atoms with Crippen molar-refractivity contribution in [1.29, 1.82) is 0 Å². The summed E-state index contributed by atoms with van der Waals surface area (Å²) in [6.07, 6.45) is 6.45. The monoisotopic (exact) mass is 269 g/mol. The molecule has 0 aromatic carbocycles. The van der Waals surface area contributed by atoms with Gasteiger partial charge in [0.15, 0.2) is 5.79 Å². The van der Waals surface area contributed by atoms with Gasteiger partial charge in [-0.1, -0.05) is 20.3 Å². The van der Waals surface area contributed by atoms with E-state index in [9.17, 15) is 0 Å². The lowest BCUT2D eigenvalue weighted by Gasteiger charge is -2.33. The third-order valence-corrected chi connectivity index (χ3v) is 4.56. The van der Waals surface area contributed by atoms with Gasteiger partial charge in [0.2, 0.25) is 0 Å². The van der Waals surface area contributed by atoms with Crippen LogP contribution in [-0.4, -0.2) is 49.3 Å². The highest BCUT2D eigenvalue weighted by atomic mass is 16.7. The standard InChI is InChI=1S/C15H27NO3/c1-12(2)14-16(8-9-17-14)10-13-11-18-15(19-13)6-4-3-5-7-15/h12-14H,3-11H2,1-2H3/t13-,14+/m1/s1. The van der Waals surface area contributed by atoms with Crippen LogP contribution in [0.15, 0.2) is 0 Å². The van der Waals surface area contributed by atoms with Crippen LogP contribution in [0.25, 0.3) is 0 Å². The van der Waals surface area contributed by atoms with Crippen molar-refractivity contribution in [2.24, 2.45) is 5.92 Å². The van der Waals surface area contributed by atoms with Crippen molar-refractivity contribution in [3.63, 3.8) is 0 Å². The topological polar surface area (TPSA) is 30.9 Å². The van der Waals surface area contributed by atoms with Gasteiger partial charge in [-0.2, -0.15) is 0 Å². The average Bonchev–Trinajstić information content (AvgIpc) is 2.99. The molecule has 2 aliphatic heterocycles. The van der Waals surface area contributed by atoms with E-state index in [4.69, 9.17) is 14.2 Å². The molecule has 1 saturated carbocycles. The van der Waals surface area contributed by atoms with E-state index in [1.807, 2.05) is 0 Å². The van der Waals surface area contributed by atoms with E-state index in [2.05, 4.69) is 18.7 Å². The van der Waals surface area contributed by atoms with Gasteiger partial charge < -0.3 is 14.2 Å². The SMILES string of the molecule is CC(C)[C@@H]1OCCN1C[C@@H]1COC2(CCCCC2)O1. The molecule has 3 fully saturated rings. The van der Waals surface area contributed by atoms with Gasteiger partial charge >= 0.3 is 0 Å². The number of hydrogen-bond donors (Lipinski definition) is 0. The molecule has 1 aliphatic carbocycles. The van der Waals surface area contributed by atoms with E-state index in [0.29, 0.717) is 5.92 Å². The van der Waals surface area contributed by atoms with Gasteiger partial charge in [-0.3, -0.25) is 4.90 Å². The third kappa shape index (κ3) is 2.97. The summed E-state index contributed by atoms with van der Waals surface area (Å²) < 4.78 is 18.1. The molecule has 0 amide bonds. The van der Waals surface area contributed by atoms with Crippen LogP contribution in [-0.2, 0) is 14.2 Å². The quantitative estimate of drug-likeness (QED) is 0.787. The lowest BCUT2D eigenvalue weighted by atomic mass is 9.94. The van der Waals surface area contributed by atoms with Crippen molar-refractivity contribution >= 4 is 0 Å². The Morgan fingerprint density at radius 2 is 2.00 bits per heavy atom. The molecule has 3 rings (SSSR count). The Balaban J connectivity index is 1.54. The fraction of sp³-hybridized carbons (Fsp3) is 1.00. The van der Waals surface area contributed by atoms with Gasteiger partial charge in [0, 0.05) is 25.9 Å². The molecule has 2 saturated heterocycles. The van der Waals surface area contributed by atoms with Crippen molar-refractivity contribution in [3.8, 4) is 0 Å². The van der Waals surface area contributed by atoms with Crippen molar-refractivity contribution in [1.82, 2.24) is 4.90 Å². The van der Waals surface area contributed by atoms with Crippen LogP contribution in [0.3, 0.4) is 0 Å². The Kier molecular flexibility index (Phi) is 4.13. The van der Waals surface area contributed by atoms with Crippen molar-refractivity contribution in [2.75, 3.05) is 26.3 Å². The summed E-state index contributed by atoms with van der Waals surface area (Å²) in [6.45, 7) is 8.01. The fourth-order valence-corrected chi connectivity index (χ4v) is 3.65. The zero-order valence-electron chi connectivity index (χ0n) is 12.3. The molecule has 4 heteroatoms. The van der Waals surface area contributed by atoms with Crippen LogP contribution in [0.5, 0.6) is 0 Å². The van der Waals surface area contributed by atoms with Crippen molar-refractivity contribution in [3.05, 3.63) is 0 Å². The molecule has 2 heterocycles. The van der Waals surface area contributed by atoms with Gasteiger partial charge in [-0.25, -0.2) is 0 Å². The van der Waals surface area contributed by atoms with Gasteiger partial charge in [-0.15, -0.1) is 0 Å². The first kappa shape index (κ1) is 13.8. The predicted octanol–water partition coefficient (Wildman–Crippen LogP) is 2.38. The van der Waals surface area contributed by atoms with Crippen LogP contribution < -0.4 is 0 Å². The van der Waals surface area contributed by atoms with E-state index in [1.54, 1.807) is 0 Å². The number of ether oxygens (including phenoxy) is 3. The largest absolute Gasteiger partial charge is 0.362 e. The summed E-state index contributed by atoms with van der Waals surface area (Å²) in [4.78, 5) is 2.42. The lowest BCUT2D eigenvalue weighted by molar-refractivity contribution is -0.189. The van der Waals surface area contributed by atoms with Gasteiger partial charge in [0.25, 0.3) is 0 Å². The highest BCUT2D eigenvalue weighted by molar-refractivity contribution is 4.85. The molecule has 3 aliphatic rings. The van der Waals surface area contributed by atoms with Crippen LogP contribution in [0.4, 0.5) is 0 Å². The predicted molar refractivity (Wildman–Crippen MR) is 72.8 cm³/mol. The van der Waals surface area contributed by atoms with Gasteiger partial charge in [-0.05, 0) is 18.8 Å². The first-order valence-electron chi connectivity index (χ1n) is 7.86. The van der Waals surface area contributed by atoms with Crippen LogP contribution in [0, 0.1) is 5.92 Å². The first-order valence-corrected chi connectivity index (χ1v) is 7.86. The van der Waals surface area contributed by atoms with Crippen LogP contribution in [0.1, 0.15) is 46.0 Å². The van der Waals surface area contributed by atoms with E-state index < -0.39 is 0 Å². The van der Waals surface area contributed by atoms with Crippen molar-refractivity contribution < 1.29 is 14.2 Å². The third-order valence-electron chi connectivity index (χ3n) is 4.56. The zero-order chi connectivity index (χ0) is 13.3. The lowest BCUT2D eigenvalue weighted by Crippen LogP contribution is -2.41. The summed E-state index contributed by atoms with van der Waals surface area (Å²) in [5.41, 5.74) is 0. The first-order chi connectivity index (χ1) is 9.19. The minimum atomic E-state index is -0.239. The Bertz CT molecular complexity index is 302. The van der Waals surface area contributed by atoms with Crippen molar-refractivity contribution in [2.45, 2.75) is 64.1 Å². The number of rotatable bonds is 3. The molecule has 0 aromatic rings. The Labute approximate surface area is 116 Å². The molecule has 0 N–H and O–H groups in total. The second-order valence-corrected chi connectivity index (χ2v) is 6.52. The van der Waals surface area contributed by atoms with E-state index in [-0.39, 0.29) is 18.1 Å². The molecule has 0 unspecified atom stereocenters. The Morgan fingerprint density at radius 3 is 2.74 bits per heavy atom. The average molecular weight is 269 g/mol. The Hall–Kier alpha value is -0.160. The molecule has 4 nitrogen and oxygen atoms in total. The molecule has 19 heavy (non-hydrogen) atoms. The molecule has 0 radical (unpaired) electrons. The molecule has 110 valence electrons. The van der Waals surface area contributed by atoms with Gasteiger partial charge in [0.1, 0.15) is 6.23 Å². The molecule has 0 bridgehead atoms. The zero-order valence-corrected chi connectivity index (χ0v) is 12.3. The Morgan fingerprint density at radius 1 is 1.21 bits per heavy atom. The molecular formula is C15H27NO3. The smallest absolute Gasteiger partial charge is 0.168 e. The van der Waals surface area contributed by atoms with E-state index >= 15 is 0 Å². The second kappa shape index (κ2) is 5.68. The maximum absolute atomic E-state index is 6.26. The normalized spacial score (nSPS) is 35.5. The summed E-state index contributed by atoms with van der Waals surface area (Å²) in [5, 5.41) is 0. The maximum Gasteiger partial charge on any atom is 0.168 e. The molecule has 2 atom stereocenters. The van der Waals surface area contributed by atoms with Gasteiger partial charge in [0.05, 0.1) is 19.3 Å². The maximum atomic E-state index is 6.26. The highest BCUT2D eigenvalue weighted by Crippen LogP contribution is 2.38. The van der Waals surface area contributed by atoms with Crippen LogP contribution in [0.2, 0.25) is 0 Å². The summed E-state index contributed by atoms with van der Waals surface area (Å²) in [7, 11) is 0. The summed E-state index contributed by atoms with van der Waals surface area (Å²) >= 11 is 0.